The van der Waals surface area contributed by atoms with Crippen LogP contribution < -0.4 is 5.32 Å². The highest BCUT2D eigenvalue weighted by Crippen LogP contribution is 2.18. The molecule has 0 saturated carbocycles. The van der Waals surface area contributed by atoms with Gasteiger partial charge in [-0.05, 0) is 5.41 Å². The average molecular weight is 235 g/mol. The quantitative estimate of drug-likeness (QED) is 0.766. The van der Waals surface area contributed by atoms with Crippen LogP contribution in [0.3, 0.4) is 0 Å². The van der Waals surface area contributed by atoms with Crippen LogP contribution in [0.4, 0.5) is 0 Å². The third kappa shape index (κ3) is 4.29. The van der Waals surface area contributed by atoms with Gasteiger partial charge in [0.15, 0.2) is 5.78 Å². The summed E-state index contributed by atoms with van der Waals surface area (Å²) in [5.41, 5.74) is 0.636. The third-order valence-electron chi connectivity index (χ3n) is 2.83. The van der Waals surface area contributed by atoms with Crippen LogP contribution in [0.2, 0.25) is 0 Å². The SMILES string of the molecule is CC(C)(C)[C@@H](CO)NCC(=O)c1ccccc1. The smallest absolute Gasteiger partial charge is 0.176 e. The van der Waals surface area contributed by atoms with E-state index in [0.717, 1.165) is 0 Å². The highest BCUT2D eigenvalue weighted by atomic mass is 16.3. The fraction of sp³-hybridized carbons (Fsp3) is 0.500. The number of carbonyl (C=O) groups excluding carboxylic acids is 1. The standard InChI is InChI=1S/C14H21NO2/c1-14(2,3)13(10-16)15-9-12(17)11-7-5-4-6-8-11/h4-8,13,15-16H,9-10H2,1-3H3/t13-/m1/s1. The summed E-state index contributed by atoms with van der Waals surface area (Å²) in [5.74, 6) is 0.0494. The van der Waals surface area contributed by atoms with Crippen molar-refractivity contribution in [2.45, 2.75) is 26.8 Å². The van der Waals surface area contributed by atoms with Gasteiger partial charge in [-0.3, -0.25) is 4.79 Å². The molecule has 0 radical (unpaired) electrons. The van der Waals surface area contributed by atoms with Crippen molar-refractivity contribution < 1.29 is 9.90 Å². The van der Waals surface area contributed by atoms with Gasteiger partial charge in [0.2, 0.25) is 0 Å². The number of aliphatic hydroxyl groups excluding tert-OH is 1. The summed E-state index contributed by atoms with van der Waals surface area (Å²) in [7, 11) is 0. The van der Waals surface area contributed by atoms with Gasteiger partial charge in [0.05, 0.1) is 13.2 Å². The average Bonchev–Trinajstić information content (AvgIpc) is 2.29. The number of ketones is 1. The number of carbonyl (C=O) groups is 1. The molecule has 0 fully saturated rings. The lowest BCUT2D eigenvalue weighted by molar-refractivity contribution is 0.0962. The van der Waals surface area contributed by atoms with E-state index in [4.69, 9.17) is 0 Å². The molecule has 2 N–H and O–H groups in total. The zero-order valence-electron chi connectivity index (χ0n) is 10.7. The summed E-state index contributed by atoms with van der Waals surface area (Å²) in [4.78, 5) is 11.8. The van der Waals surface area contributed by atoms with Crippen molar-refractivity contribution in [1.29, 1.82) is 0 Å². The zero-order valence-corrected chi connectivity index (χ0v) is 10.7. The van der Waals surface area contributed by atoms with E-state index in [2.05, 4.69) is 5.32 Å². The van der Waals surface area contributed by atoms with E-state index in [1.165, 1.54) is 0 Å². The molecule has 0 aliphatic rings. The van der Waals surface area contributed by atoms with Crippen molar-refractivity contribution in [2.75, 3.05) is 13.2 Å². The first-order valence-electron chi connectivity index (χ1n) is 5.87. The summed E-state index contributed by atoms with van der Waals surface area (Å²) in [6, 6.07) is 9.11. The normalized spacial score (nSPS) is 13.4. The molecule has 0 saturated heterocycles. The van der Waals surface area contributed by atoms with Crippen LogP contribution in [0.1, 0.15) is 31.1 Å². The lowest BCUT2D eigenvalue weighted by Crippen LogP contribution is -2.45. The number of benzene rings is 1. The molecule has 17 heavy (non-hydrogen) atoms. The maximum absolute atomic E-state index is 11.8. The van der Waals surface area contributed by atoms with E-state index in [9.17, 15) is 9.90 Å². The first-order valence-corrected chi connectivity index (χ1v) is 5.87. The summed E-state index contributed by atoms with van der Waals surface area (Å²) in [6.07, 6.45) is 0. The molecule has 1 atom stereocenters. The topological polar surface area (TPSA) is 49.3 Å². The van der Waals surface area contributed by atoms with Crippen LogP contribution in [0.25, 0.3) is 0 Å². The van der Waals surface area contributed by atoms with E-state index in [-0.39, 0.29) is 30.4 Å². The van der Waals surface area contributed by atoms with Crippen LogP contribution in [-0.2, 0) is 0 Å². The highest BCUT2D eigenvalue weighted by molar-refractivity contribution is 5.97. The minimum absolute atomic E-state index is 0.0333. The van der Waals surface area contributed by atoms with Gasteiger partial charge >= 0.3 is 0 Å². The minimum Gasteiger partial charge on any atom is -0.395 e. The fourth-order valence-corrected chi connectivity index (χ4v) is 1.59. The first kappa shape index (κ1) is 13.9. The van der Waals surface area contributed by atoms with Crippen molar-refractivity contribution in [2.24, 2.45) is 5.41 Å². The summed E-state index contributed by atoms with van der Waals surface area (Å²) in [6.45, 7) is 6.40. The largest absolute Gasteiger partial charge is 0.395 e. The van der Waals surface area contributed by atoms with Gasteiger partial charge in [-0.2, -0.15) is 0 Å². The Balaban J connectivity index is 2.54. The maximum atomic E-state index is 11.8. The van der Waals surface area contributed by atoms with Crippen molar-refractivity contribution in [3.8, 4) is 0 Å². The van der Waals surface area contributed by atoms with Gasteiger partial charge < -0.3 is 10.4 Å². The molecule has 3 heteroatoms. The van der Waals surface area contributed by atoms with Crippen LogP contribution in [-0.4, -0.2) is 30.1 Å². The van der Waals surface area contributed by atoms with Gasteiger partial charge in [0.1, 0.15) is 0 Å². The molecule has 1 aromatic rings. The number of hydrogen-bond donors (Lipinski definition) is 2. The Kier molecular flexibility index (Phi) is 4.85. The highest BCUT2D eigenvalue weighted by Gasteiger charge is 2.23. The van der Waals surface area contributed by atoms with Crippen LogP contribution in [0.15, 0.2) is 30.3 Å². The Morgan fingerprint density at radius 3 is 2.35 bits per heavy atom. The molecule has 0 amide bonds. The molecule has 0 heterocycles. The molecule has 1 rings (SSSR count). The van der Waals surface area contributed by atoms with Crippen LogP contribution >= 0.6 is 0 Å². The van der Waals surface area contributed by atoms with Crippen LogP contribution in [0, 0.1) is 5.41 Å². The second-order valence-electron chi connectivity index (χ2n) is 5.27. The summed E-state index contributed by atoms with van der Waals surface area (Å²) >= 11 is 0. The van der Waals surface area contributed by atoms with Gasteiger partial charge in [0, 0.05) is 11.6 Å². The molecule has 0 aromatic heterocycles. The second-order valence-corrected chi connectivity index (χ2v) is 5.27. The Labute approximate surface area is 103 Å². The molecule has 1 aromatic carbocycles. The lowest BCUT2D eigenvalue weighted by Gasteiger charge is -2.29. The maximum Gasteiger partial charge on any atom is 0.176 e. The number of hydrogen-bond acceptors (Lipinski definition) is 3. The molecule has 0 unspecified atom stereocenters. The van der Waals surface area contributed by atoms with Gasteiger partial charge in [-0.1, -0.05) is 51.1 Å². The van der Waals surface area contributed by atoms with Crippen molar-refractivity contribution in [3.05, 3.63) is 35.9 Å². The van der Waals surface area contributed by atoms with Crippen LogP contribution in [0.5, 0.6) is 0 Å². The molecular weight excluding hydrogens is 214 g/mol. The molecule has 0 aliphatic heterocycles. The second kappa shape index (κ2) is 5.94. The number of rotatable bonds is 5. The van der Waals surface area contributed by atoms with E-state index in [1.807, 2.05) is 39.0 Å². The predicted octanol–water partition coefficient (Wildman–Crippen LogP) is 1.87. The van der Waals surface area contributed by atoms with E-state index in [0.29, 0.717) is 5.56 Å². The van der Waals surface area contributed by atoms with E-state index < -0.39 is 0 Å². The number of nitrogens with one attached hydrogen (secondary N) is 1. The van der Waals surface area contributed by atoms with Crippen molar-refractivity contribution >= 4 is 5.78 Å². The van der Waals surface area contributed by atoms with Crippen molar-refractivity contribution in [1.82, 2.24) is 5.32 Å². The molecule has 0 spiro atoms. The fourth-order valence-electron chi connectivity index (χ4n) is 1.59. The first-order chi connectivity index (χ1) is 7.95. The Morgan fingerprint density at radius 1 is 1.29 bits per heavy atom. The Morgan fingerprint density at radius 2 is 1.88 bits per heavy atom. The zero-order chi connectivity index (χ0) is 12.9. The minimum atomic E-state index is -0.0739. The molecular formula is C14H21NO2. The number of aliphatic hydroxyl groups is 1. The van der Waals surface area contributed by atoms with Gasteiger partial charge in [0.25, 0.3) is 0 Å². The summed E-state index contributed by atoms with van der Waals surface area (Å²) < 4.78 is 0. The van der Waals surface area contributed by atoms with E-state index in [1.54, 1.807) is 12.1 Å². The molecule has 0 bridgehead atoms. The number of Topliss-reactive ketones (excluding diaryl/α,β-unsaturated/α-hetero) is 1. The molecule has 3 nitrogen and oxygen atoms in total. The molecule has 94 valence electrons. The Hall–Kier alpha value is -1.19. The Bertz CT molecular complexity index is 354. The molecule has 0 aliphatic carbocycles. The van der Waals surface area contributed by atoms with Gasteiger partial charge in [-0.25, -0.2) is 0 Å². The monoisotopic (exact) mass is 235 g/mol. The van der Waals surface area contributed by atoms with Crippen molar-refractivity contribution in [3.63, 3.8) is 0 Å². The summed E-state index contributed by atoms with van der Waals surface area (Å²) in [5, 5.41) is 12.4. The third-order valence-corrected chi connectivity index (χ3v) is 2.83. The van der Waals surface area contributed by atoms with Gasteiger partial charge in [-0.15, -0.1) is 0 Å². The lowest BCUT2D eigenvalue weighted by atomic mass is 9.87. The van der Waals surface area contributed by atoms with E-state index >= 15 is 0 Å². The predicted molar refractivity (Wildman–Crippen MR) is 69.1 cm³/mol.